The lowest BCUT2D eigenvalue weighted by Gasteiger charge is -2.10. The van der Waals surface area contributed by atoms with Crippen molar-refractivity contribution < 1.29 is 14.2 Å². The van der Waals surface area contributed by atoms with Crippen LogP contribution in [0.25, 0.3) is 0 Å². The van der Waals surface area contributed by atoms with E-state index in [0.29, 0.717) is 19.8 Å². The highest BCUT2D eigenvalue weighted by Crippen LogP contribution is 2.15. The van der Waals surface area contributed by atoms with E-state index in [-0.39, 0.29) is 6.29 Å². The van der Waals surface area contributed by atoms with E-state index in [9.17, 15) is 0 Å². The standard InChI is InChI=1S/C17H17O3/c1-2-4-16(5-3-1)20-13-15-8-6-14(7-9-15)12-17-18-10-11-19-17/h1-2,4-9,17H,10-13H2. The summed E-state index contributed by atoms with van der Waals surface area (Å²) in [5.74, 6) is 0.837. The van der Waals surface area contributed by atoms with Crippen molar-refractivity contribution in [2.45, 2.75) is 19.3 Å². The molecule has 3 rings (SSSR count). The summed E-state index contributed by atoms with van der Waals surface area (Å²) in [4.78, 5) is 0. The first kappa shape index (κ1) is 13.2. The Hall–Kier alpha value is -1.84. The molecule has 0 amide bonds. The molecule has 0 unspecified atom stereocenters. The van der Waals surface area contributed by atoms with Gasteiger partial charge in [-0.3, -0.25) is 0 Å². The summed E-state index contributed by atoms with van der Waals surface area (Å²) in [6, 6.07) is 18.9. The highest BCUT2D eigenvalue weighted by Gasteiger charge is 2.15. The van der Waals surface area contributed by atoms with E-state index in [0.717, 1.165) is 17.7 Å². The molecule has 3 nitrogen and oxygen atoms in total. The molecule has 0 atom stereocenters. The number of hydrogen-bond donors (Lipinski definition) is 0. The van der Waals surface area contributed by atoms with E-state index in [1.165, 1.54) is 5.56 Å². The molecule has 1 aliphatic rings. The highest BCUT2D eigenvalue weighted by atomic mass is 16.7. The van der Waals surface area contributed by atoms with Crippen LogP contribution in [0.4, 0.5) is 0 Å². The van der Waals surface area contributed by atoms with Crippen LogP contribution in [-0.2, 0) is 22.5 Å². The molecule has 0 bridgehead atoms. The maximum atomic E-state index is 5.68. The molecule has 0 saturated carbocycles. The molecule has 2 aromatic carbocycles. The fourth-order valence-corrected chi connectivity index (χ4v) is 2.12. The Morgan fingerprint density at radius 1 is 1.05 bits per heavy atom. The third-order valence-electron chi connectivity index (χ3n) is 3.20. The van der Waals surface area contributed by atoms with Crippen LogP contribution in [0.5, 0.6) is 5.75 Å². The Kier molecular flexibility index (Phi) is 4.31. The van der Waals surface area contributed by atoms with Crippen molar-refractivity contribution in [3.63, 3.8) is 0 Å². The van der Waals surface area contributed by atoms with Crippen LogP contribution in [0, 0.1) is 6.07 Å². The lowest BCUT2D eigenvalue weighted by Crippen LogP contribution is -2.11. The van der Waals surface area contributed by atoms with Gasteiger partial charge in [-0.2, -0.15) is 0 Å². The first-order chi connectivity index (χ1) is 9.90. The Morgan fingerprint density at radius 3 is 2.50 bits per heavy atom. The monoisotopic (exact) mass is 269 g/mol. The van der Waals surface area contributed by atoms with E-state index >= 15 is 0 Å². The van der Waals surface area contributed by atoms with Gasteiger partial charge in [0, 0.05) is 6.42 Å². The van der Waals surface area contributed by atoms with Crippen LogP contribution in [0.1, 0.15) is 11.1 Å². The van der Waals surface area contributed by atoms with Crippen molar-refractivity contribution in [3.8, 4) is 5.75 Å². The normalized spacial score (nSPS) is 15.4. The lowest BCUT2D eigenvalue weighted by atomic mass is 10.1. The number of hydrogen-bond acceptors (Lipinski definition) is 3. The van der Waals surface area contributed by atoms with Gasteiger partial charge in [-0.15, -0.1) is 0 Å². The molecule has 1 fully saturated rings. The molecule has 1 radical (unpaired) electrons. The predicted octanol–water partition coefficient (Wildman–Crippen LogP) is 2.98. The summed E-state index contributed by atoms with van der Waals surface area (Å²) >= 11 is 0. The Labute approximate surface area is 119 Å². The van der Waals surface area contributed by atoms with E-state index in [2.05, 4.69) is 30.3 Å². The van der Waals surface area contributed by atoms with Crippen molar-refractivity contribution in [1.82, 2.24) is 0 Å². The topological polar surface area (TPSA) is 27.7 Å². The average molecular weight is 269 g/mol. The minimum absolute atomic E-state index is 0.0862. The lowest BCUT2D eigenvalue weighted by molar-refractivity contribution is -0.0399. The Morgan fingerprint density at radius 2 is 1.80 bits per heavy atom. The summed E-state index contributed by atoms with van der Waals surface area (Å²) in [6.07, 6.45) is 0.714. The van der Waals surface area contributed by atoms with Crippen molar-refractivity contribution in [3.05, 3.63) is 65.7 Å². The zero-order chi connectivity index (χ0) is 13.6. The van der Waals surface area contributed by atoms with Crippen LogP contribution in [-0.4, -0.2) is 19.5 Å². The van der Waals surface area contributed by atoms with Gasteiger partial charge in [-0.25, -0.2) is 0 Å². The van der Waals surface area contributed by atoms with E-state index in [1.54, 1.807) is 0 Å². The van der Waals surface area contributed by atoms with E-state index < -0.39 is 0 Å². The molecule has 3 heteroatoms. The smallest absolute Gasteiger partial charge is 0.161 e. The first-order valence-corrected chi connectivity index (χ1v) is 6.80. The summed E-state index contributed by atoms with van der Waals surface area (Å²) < 4.78 is 16.6. The highest BCUT2D eigenvalue weighted by molar-refractivity contribution is 5.24. The van der Waals surface area contributed by atoms with Gasteiger partial charge in [-0.05, 0) is 29.3 Å². The summed E-state index contributed by atoms with van der Waals surface area (Å²) in [5.41, 5.74) is 2.36. The molecule has 0 aliphatic carbocycles. The molecule has 103 valence electrons. The average Bonchev–Trinajstić information content (AvgIpc) is 3.01. The zero-order valence-electron chi connectivity index (χ0n) is 11.2. The van der Waals surface area contributed by atoms with Crippen molar-refractivity contribution in [2.75, 3.05) is 13.2 Å². The van der Waals surface area contributed by atoms with Gasteiger partial charge >= 0.3 is 0 Å². The molecule has 0 aromatic heterocycles. The van der Waals surface area contributed by atoms with Crippen molar-refractivity contribution in [2.24, 2.45) is 0 Å². The van der Waals surface area contributed by atoms with Crippen LogP contribution in [0.3, 0.4) is 0 Å². The van der Waals surface area contributed by atoms with Gasteiger partial charge in [0.25, 0.3) is 0 Å². The molecule has 1 saturated heterocycles. The van der Waals surface area contributed by atoms with Crippen molar-refractivity contribution in [1.29, 1.82) is 0 Å². The second-order valence-corrected chi connectivity index (χ2v) is 4.72. The number of benzene rings is 2. The fraction of sp³-hybridized carbons (Fsp3) is 0.294. The summed E-state index contributed by atoms with van der Waals surface area (Å²) in [7, 11) is 0. The molecule has 1 aliphatic heterocycles. The van der Waals surface area contributed by atoms with Gasteiger partial charge in [0.05, 0.1) is 13.2 Å². The van der Waals surface area contributed by atoms with Gasteiger partial charge in [-0.1, -0.05) is 36.4 Å². The number of ether oxygens (including phenoxy) is 3. The minimum Gasteiger partial charge on any atom is -0.489 e. The van der Waals surface area contributed by atoms with Gasteiger partial charge in [0.1, 0.15) is 12.4 Å². The largest absolute Gasteiger partial charge is 0.489 e. The van der Waals surface area contributed by atoms with Crippen LogP contribution in [0.15, 0.2) is 48.5 Å². The predicted molar refractivity (Wildman–Crippen MR) is 75.4 cm³/mol. The molecule has 2 aromatic rings. The van der Waals surface area contributed by atoms with Crippen LogP contribution < -0.4 is 4.74 Å². The summed E-state index contributed by atoms with van der Waals surface area (Å²) in [6.45, 7) is 1.96. The van der Waals surface area contributed by atoms with Gasteiger partial charge in [0.15, 0.2) is 6.29 Å². The van der Waals surface area contributed by atoms with Crippen LogP contribution in [0.2, 0.25) is 0 Å². The molecular formula is C17H17O3. The maximum Gasteiger partial charge on any atom is 0.161 e. The molecule has 0 N–H and O–H groups in total. The van der Waals surface area contributed by atoms with Crippen molar-refractivity contribution >= 4 is 0 Å². The second kappa shape index (κ2) is 6.55. The molecule has 20 heavy (non-hydrogen) atoms. The Bertz CT molecular complexity index is 516. The molecular weight excluding hydrogens is 252 g/mol. The molecule has 0 spiro atoms. The Balaban J connectivity index is 1.53. The van der Waals surface area contributed by atoms with E-state index in [4.69, 9.17) is 14.2 Å². The quantitative estimate of drug-likeness (QED) is 0.835. The van der Waals surface area contributed by atoms with Gasteiger partial charge < -0.3 is 14.2 Å². The molecule has 1 heterocycles. The van der Waals surface area contributed by atoms with Crippen LogP contribution >= 0.6 is 0 Å². The first-order valence-electron chi connectivity index (χ1n) is 6.80. The third kappa shape index (κ3) is 3.59. The second-order valence-electron chi connectivity index (χ2n) is 4.72. The maximum absolute atomic E-state index is 5.68. The summed E-state index contributed by atoms with van der Waals surface area (Å²) in [5, 5.41) is 0. The zero-order valence-corrected chi connectivity index (χ0v) is 11.2. The van der Waals surface area contributed by atoms with E-state index in [1.807, 2.05) is 24.3 Å². The SMILES string of the molecule is [c]1cccc(OCc2ccc(CC3OCCO3)cc2)c1. The number of rotatable bonds is 5. The van der Waals surface area contributed by atoms with Gasteiger partial charge in [0.2, 0.25) is 0 Å². The fourth-order valence-electron chi connectivity index (χ4n) is 2.12. The third-order valence-corrected chi connectivity index (χ3v) is 3.20. The minimum atomic E-state index is -0.0862.